The molecular weight excluding hydrogens is 440 g/mol. The molecule has 0 aliphatic heterocycles. The van der Waals surface area contributed by atoms with Crippen LogP contribution in [0.15, 0.2) is 46.0 Å². The predicted octanol–water partition coefficient (Wildman–Crippen LogP) is 4.60. The molecule has 0 atom stereocenters. The molecule has 0 saturated carbocycles. The molecule has 1 aromatic heterocycles. The van der Waals surface area contributed by atoms with Crippen LogP contribution in [0.25, 0.3) is 11.4 Å². The SMILES string of the molecule is COc1ccc(-c2nnc(SCC(=O)Nc3cc(C)c(C)cc3Br)n2C)cc1. The van der Waals surface area contributed by atoms with Crippen molar-refractivity contribution >= 4 is 39.3 Å². The minimum absolute atomic E-state index is 0.0945. The van der Waals surface area contributed by atoms with E-state index in [-0.39, 0.29) is 11.7 Å². The number of carbonyl (C=O) groups excluding carboxylic acids is 1. The van der Waals surface area contributed by atoms with E-state index in [1.54, 1.807) is 7.11 Å². The number of nitrogens with zero attached hydrogens (tertiary/aromatic N) is 3. The molecule has 1 heterocycles. The highest BCUT2D eigenvalue weighted by Crippen LogP contribution is 2.27. The summed E-state index contributed by atoms with van der Waals surface area (Å²) in [5.41, 5.74) is 4.00. The Morgan fingerprint density at radius 3 is 2.54 bits per heavy atom. The molecule has 0 aliphatic carbocycles. The van der Waals surface area contributed by atoms with Gasteiger partial charge in [-0.15, -0.1) is 10.2 Å². The standard InChI is InChI=1S/C20H21BrN4O2S/c1-12-9-16(21)17(10-13(12)2)22-18(26)11-28-20-24-23-19(25(20)3)14-5-7-15(27-4)8-6-14/h5-10H,11H2,1-4H3,(H,22,26). The van der Waals surface area contributed by atoms with E-state index in [9.17, 15) is 4.79 Å². The Hall–Kier alpha value is -2.32. The van der Waals surface area contributed by atoms with Crippen LogP contribution < -0.4 is 10.1 Å². The second-order valence-electron chi connectivity index (χ2n) is 6.35. The Morgan fingerprint density at radius 1 is 1.18 bits per heavy atom. The molecule has 0 unspecified atom stereocenters. The monoisotopic (exact) mass is 460 g/mol. The topological polar surface area (TPSA) is 69.0 Å². The number of hydrogen-bond acceptors (Lipinski definition) is 5. The number of rotatable bonds is 6. The lowest BCUT2D eigenvalue weighted by Crippen LogP contribution is -2.15. The number of methoxy groups -OCH3 is 1. The third-order valence-corrected chi connectivity index (χ3v) is 6.05. The largest absolute Gasteiger partial charge is 0.497 e. The number of amides is 1. The number of halogens is 1. The molecule has 1 amide bonds. The summed E-state index contributed by atoms with van der Waals surface area (Å²) < 4.78 is 7.93. The highest BCUT2D eigenvalue weighted by molar-refractivity contribution is 9.10. The van der Waals surface area contributed by atoms with Crippen LogP contribution in [-0.2, 0) is 11.8 Å². The van der Waals surface area contributed by atoms with Gasteiger partial charge in [0, 0.05) is 17.1 Å². The Morgan fingerprint density at radius 2 is 1.86 bits per heavy atom. The van der Waals surface area contributed by atoms with Crippen LogP contribution >= 0.6 is 27.7 Å². The molecule has 0 aliphatic rings. The van der Waals surface area contributed by atoms with Crippen LogP contribution in [0.1, 0.15) is 11.1 Å². The van der Waals surface area contributed by atoms with Gasteiger partial charge >= 0.3 is 0 Å². The van der Waals surface area contributed by atoms with E-state index in [0.29, 0.717) is 5.16 Å². The summed E-state index contributed by atoms with van der Waals surface area (Å²) in [6, 6.07) is 11.6. The number of thioether (sulfide) groups is 1. The van der Waals surface area contributed by atoms with Crippen LogP contribution in [0, 0.1) is 13.8 Å². The number of nitrogens with one attached hydrogen (secondary N) is 1. The molecule has 0 fully saturated rings. The fraction of sp³-hybridized carbons (Fsp3) is 0.250. The first kappa shape index (κ1) is 20.4. The van der Waals surface area contributed by atoms with Gasteiger partial charge in [0.1, 0.15) is 5.75 Å². The molecular formula is C20H21BrN4O2S. The highest BCUT2D eigenvalue weighted by Gasteiger charge is 2.14. The molecule has 146 valence electrons. The Bertz CT molecular complexity index is 1000. The lowest BCUT2D eigenvalue weighted by Gasteiger charge is -2.10. The van der Waals surface area contributed by atoms with E-state index >= 15 is 0 Å². The van der Waals surface area contributed by atoms with Gasteiger partial charge in [0.25, 0.3) is 0 Å². The summed E-state index contributed by atoms with van der Waals surface area (Å²) in [6.45, 7) is 4.06. The van der Waals surface area contributed by atoms with Crippen LogP contribution in [0.2, 0.25) is 0 Å². The average Bonchev–Trinajstić information content (AvgIpc) is 3.05. The highest BCUT2D eigenvalue weighted by atomic mass is 79.9. The number of benzene rings is 2. The predicted molar refractivity (Wildman–Crippen MR) is 116 cm³/mol. The van der Waals surface area contributed by atoms with Gasteiger partial charge in [-0.1, -0.05) is 11.8 Å². The van der Waals surface area contributed by atoms with Gasteiger partial charge in [0.15, 0.2) is 11.0 Å². The molecule has 3 rings (SSSR count). The molecule has 0 saturated heterocycles. The number of hydrogen-bond donors (Lipinski definition) is 1. The van der Waals surface area contributed by atoms with Crippen molar-refractivity contribution in [2.75, 3.05) is 18.2 Å². The fourth-order valence-corrected chi connectivity index (χ4v) is 3.89. The Balaban J connectivity index is 1.65. The summed E-state index contributed by atoms with van der Waals surface area (Å²) >= 11 is 4.85. The molecule has 28 heavy (non-hydrogen) atoms. The van der Waals surface area contributed by atoms with Crippen LogP contribution in [0.4, 0.5) is 5.69 Å². The van der Waals surface area contributed by atoms with Gasteiger partial charge < -0.3 is 14.6 Å². The molecule has 1 N–H and O–H groups in total. The van der Waals surface area contributed by atoms with Crippen molar-refractivity contribution in [2.24, 2.45) is 7.05 Å². The van der Waals surface area contributed by atoms with E-state index in [1.165, 1.54) is 17.3 Å². The van der Waals surface area contributed by atoms with Crippen molar-refractivity contribution in [2.45, 2.75) is 19.0 Å². The minimum Gasteiger partial charge on any atom is -0.497 e. The zero-order chi connectivity index (χ0) is 20.3. The van der Waals surface area contributed by atoms with Crippen molar-refractivity contribution in [3.63, 3.8) is 0 Å². The van der Waals surface area contributed by atoms with Gasteiger partial charge in [0.05, 0.1) is 18.6 Å². The summed E-state index contributed by atoms with van der Waals surface area (Å²) in [5, 5.41) is 12.1. The molecule has 6 nitrogen and oxygen atoms in total. The van der Waals surface area contributed by atoms with Crippen molar-refractivity contribution < 1.29 is 9.53 Å². The third-order valence-electron chi connectivity index (χ3n) is 4.37. The quantitative estimate of drug-likeness (QED) is 0.544. The minimum atomic E-state index is -0.0945. The molecule has 0 radical (unpaired) electrons. The first-order valence-electron chi connectivity index (χ1n) is 8.62. The maximum absolute atomic E-state index is 12.4. The van der Waals surface area contributed by atoms with E-state index in [1.807, 2.05) is 61.9 Å². The maximum Gasteiger partial charge on any atom is 0.234 e. The molecule has 8 heteroatoms. The van der Waals surface area contributed by atoms with E-state index < -0.39 is 0 Å². The molecule has 0 spiro atoms. The van der Waals surface area contributed by atoms with Crippen LogP contribution in [0.5, 0.6) is 5.75 Å². The van der Waals surface area contributed by atoms with Crippen molar-refractivity contribution in [1.82, 2.24) is 14.8 Å². The molecule has 3 aromatic rings. The fourth-order valence-electron chi connectivity index (χ4n) is 2.63. The second kappa shape index (κ2) is 8.79. The summed E-state index contributed by atoms with van der Waals surface area (Å²) in [5.74, 6) is 1.67. The number of carbonyl (C=O) groups is 1. The smallest absolute Gasteiger partial charge is 0.234 e. The lowest BCUT2D eigenvalue weighted by atomic mass is 10.1. The zero-order valence-electron chi connectivity index (χ0n) is 16.1. The van der Waals surface area contributed by atoms with Gasteiger partial charge in [-0.2, -0.15) is 0 Å². The number of aromatic nitrogens is 3. The number of ether oxygens (including phenoxy) is 1. The second-order valence-corrected chi connectivity index (χ2v) is 8.14. The normalized spacial score (nSPS) is 10.8. The van der Waals surface area contributed by atoms with Gasteiger partial charge in [-0.25, -0.2) is 0 Å². The van der Waals surface area contributed by atoms with Gasteiger partial charge in [-0.05, 0) is 77.3 Å². The van der Waals surface area contributed by atoms with Crippen molar-refractivity contribution in [3.05, 3.63) is 52.0 Å². The average molecular weight is 461 g/mol. The molecule has 0 bridgehead atoms. The number of anilines is 1. The Kier molecular flexibility index (Phi) is 6.41. The number of aryl methyl sites for hydroxylation is 2. The zero-order valence-corrected chi connectivity index (χ0v) is 18.5. The maximum atomic E-state index is 12.4. The lowest BCUT2D eigenvalue weighted by molar-refractivity contribution is -0.113. The third kappa shape index (κ3) is 4.56. The van der Waals surface area contributed by atoms with Crippen LogP contribution in [0.3, 0.4) is 0 Å². The van der Waals surface area contributed by atoms with Gasteiger partial charge in [-0.3, -0.25) is 4.79 Å². The van der Waals surface area contributed by atoms with E-state index in [0.717, 1.165) is 32.9 Å². The Labute approximate surface area is 176 Å². The summed E-state index contributed by atoms with van der Waals surface area (Å²) in [7, 11) is 3.52. The first-order chi connectivity index (χ1) is 13.4. The van der Waals surface area contributed by atoms with Gasteiger partial charge in [0.2, 0.25) is 5.91 Å². The van der Waals surface area contributed by atoms with E-state index in [4.69, 9.17) is 4.74 Å². The van der Waals surface area contributed by atoms with Crippen molar-refractivity contribution in [3.8, 4) is 17.1 Å². The van der Waals surface area contributed by atoms with Crippen LogP contribution in [-0.4, -0.2) is 33.5 Å². The summed E-state index contributed by atoms with van der Waals surface area (Å²) in [4.78, 5) is 12.4. The molecule has 2 aromatic carbocycles. The van der Waals surface area contributed by atoms with E-state index in [2.05, 4.69) is 31.4 Å². The summed E-state index contributed by atoms with van der Waals surface area (Å²) in [6.07, 6.45) is 0. The first-order valence-corrected chi connectivity index (χ1v) is 10.4. The van der Waals surface area contributed by atoms with Crippen molar-refractivity contribution in [1.29, 1.82) is 0 Å².